The third-order valence-electron chi connectivity index (χ3n) is 2.53. The summed E-state index contributed by atoms with van der Waals surface area (Å²) in [7, 11) is 0. The molecule has 2 rings (SSSR count). The largest absolute Gasteiger partial charge is 0.346 e. The Bertz CT molecular complexity index is 415. The SMILES string of the molecule is CC(C)CCc1c[nH]c2ncccc12. The van der Waals surface area contributed by atoms with E-state index < -0.39 is 0 Å². The van der Waals surface area contributed by atoms with Crippen molar-refractivity contribution in [1.82, 2.24) is 9.97 Å². The van der Waals surface area contributed by atoms with E-state index in [9.17, 15) is 0 Å². The van der Waals surface area contributed by atoms with Crippen LogP contribution in [0.2, 0.25) is 0 Å². The Morgan fingerprint density at radius 3 is 3.07 bits per heavy atom. The summed E-state index contributed by atoms with van der Waals surface area (Å²) in [6.07, 6.45) is 6.29. The summed E-state index contributed by atoms with van der Waals surface area (Å²) < 4.78 is 0. The van der Waals surface area contributed by atoms with Crippen LogP contribution < -0.4 is 0 Å². The zero-order chi connectivity index (χ0) is 9.97. The Kier molecular flexibility index (Phi) is 2.53. The summed E-state index contributed by atoms with van der Waals surface area (Å²) in [5, 5.41) is 1.27. The molecule has 0 aromatic carbocycles. The smallest absolute Gasteiger partial charge is 0.137 e. The molecule has 0 aliphatic rings. The number of rotatable bonds is 3. The van der Waals surface area contributed by atoms with Crippen LogP contribution in [0.4, 0.5) is 0 Å². The summed E-state index contributed by atoms with van der Waals surface area (Å²) in [5.74, 6) is 0.761. The molecule has 0 saturated carbocycles. The molecule has 0 unspecified atom stereocenters. The van der Waals surface area contributed by atoms with Crippen molar-refractivity contribution in [3.63, 3.8) is 0 Å². The molecular formula is C12H16N2. The Balaban J connectivity index is 2.25. The van der Waals surface area contributed by atoms with Crippen molar-refractivity contribution in [3.05, 3.63) is 30.1 Å². The Morgan fingerprint density at radius 1 is 1.43 bits per heavy atom. The molecule has 0 amide bonds. The quantitative estimate of drug-likeness (QED) is 0.787. The van der Waals surface area contributed by atoms with Gasteiger partial charge in [0.1, 0.15) is 5.65 Å². The van der Waals surface area contributed by atoms with E-state index >= 15 is 0 Å². The molecule has 2 aromatic rings. The van der Waals surface area contributed by atoms with Crippen LogP contribution in [0.5, 0.6) is 0 Å². The number of H-pyrrole nitrogens is 1. The van der Waals surface area contributed by atoms with Gasteiger partial charge >= 0.3 is 0 Å². The monoisotopic (exact) mass is 188 g/mol. The minimum Gasteiger partial charge on any atom is -0.346 e. The lowest BCUT2D eigenvalue weighted by Crippen LogP contribution is -1.90. The molecule has 0 spiro atoms. The van der Waals surface area contributed by atoms with Gasteiger partial charge in [0, 0.05) is 17.8 Å². The highest BCUT2D eigenvalue weighted by Crippen LogP contribution is 2.18. The van der Waals surface area contributed by atoms with E-state index in [0.717, 1.165) is 18.0 Å². The minimum absolute atomic E-state index is 0.761. The van der Waals surface area contributed by atoms with Gasteiger partial charge in [0.2, 0.25) is 0 Å². The zero-order valence-corrected chi connectivity index (χ0v) is 8.75. The average Bonchev–Trinajstić information content (AvgIpc) is 2.58. The Hall–Kier alpha value is -1.31. The predicted molar refractivity (Wildman–Crippen MR) is 59.3 cm³/mol. The molecule has 14 heavy (non-hydrogen) atoms. The fraction of sp³-hybridized carbons (Fsp3) is 0.417. The van der Waals surface area contributed by atoms with Gasteiger partial charge in [0.25, 0.3) is 0 Å². The van der Waals surface area contributed by atoms with Crippen LogP contribution in [-0.4, -0.2) is 9.97 Å². The summed E-state index contributed by atoms with van der Waals surface area (Å²) in [6, 6.07) is 4.13. The highest BCUT2D eigenvalue weighted by Gasteiger charge is 2.04. The molecule has 74 valence electrons. The van der Waals surface area contributed by atoms with Crippen molar-refractivity contribution >= 4 is 11.0 Å². The summed E-state index contributed by atoms with van der Waals surface area (Å²) >= 11 is 0. The summed E-state index contributed by atoms with van der Waals surface area (Å²) in [4.78, 5) is 7.47. The van der Waals surface area contributed by atoms with Gasteiger partial charge in [-0.1, -0.05) is 13.8 Å². The second kappa shape index (κ2) is 3.82. The number of aryl methyl sites for hydroxylation is 1. The number of nitrogens with zero attached hydrogens (tertiary/aromatic N) is 1. The highest BCUT2D eigenvalue weighted by atomic mass is 14.8. The zero-order valence-electron chi connectivity index (χ0n) is 8.75. The lowest BCUT2D eigenvalue weighted by atomic mass is 10.0. The second-order valence-corrected chi connectivity index (χ2v) is 4.15. The van der Waals surface area contributed by atoms with Gasteiger partial charge in [-0.25, -0.2) is 4.98 Å². The first-order valence-electron chi connectivity index (χ1n) is 5.18. The molecule has 0 atom stereocenters. The van der Waals surface area contributed by atoms with Gasteiger partial charge in [0.05, 0.1) is 0 Å². The Labute approximate surface area is 84.4 Å². The van der Waals surface area contributed by atoms with E-state index in [2.05, 4.69) is 36.1 Å². The van der Waals surface area contributed by atoms with Crippen molar-refractivity contribution in [2.75, 3.05) is 0 Å². The molecule has 2 aromatic heterocycles. The number of hydrogen-bond acceptors (Lipinski definition) is 1. The highest BCUT2D eigenvalue weighted by molar-refractivity contribution is 5.79. The summed E-state index contributed by atoms with van der Waals surface area (Å²) in [6.45, 7) is 4.51. The third-order valence-corrected chi connectivity index (χ3v) is 2.53. The van der Waals surface area contributed by atoms with E-state index in [1.807, 2.05) is 12.3 Å². The second-order valence-electron chi connectivity index (χ2n) is 4.15. The molecule has 2 nitrogen and oxygen atoms in total. The molecule has 0 bridgehead atoms. The lowest BCUT2D eigenvalue weighted by Gasteiger charge is -2.02. The number of pyridine rings is 1. The number of aromatic nitrogens is 2. The van der Waals surface area contributed by atoms with E-state index in [1.165, 1.54) is 17.4 Å². The normalized spacial score (nSPS) is 11.4. The molecule has 0 aliphatic carbocycles. The molecular weight excluding hydrogens is 172 g/mol. The number of nitrogens with one attached hydrogen (secondary N) is 1. The van der Waals surface area contributed by atoms with Crippen LogP contribution >= 0.6 is 0 Å². The Morgan fingerprint density at radius 2 is 2.29 bits per heavy atom. The number of hydrogen-bond donors (Lipinski definition) is 1. The standard InChI is InChI=1S/C12H16N2/c1-9(2)5-6-10-8-14-12-11(10)4-3-7-13-12/h3-4,7-9H,5-6H2,1-2H3,(H,13,14). The fourth-order valence-corrected chi connectivity index (χ4v) is 1.66. The van der Waals surface area contributed by atoms with Crippen molar-refractivity contribution in [2.45, 2.75) is 26.7 Å². The van der Waals surface area contributed by atoms with Crippen LogP contribution in [0.15, 0.2) is 24.5 Å². The van der Waals surface area contributed by atoms with E-state index in [4.69, 9.17) is 0 Å². The van der Waals surface area contributed by atoms with Crippen LogP contribution in [-0.2, 0) is 6.42 Å². The van der Waals surface area contributed by atoms with Crippen molar-refractivity contribution in [1.29, 1.82) is 0 Å². The van der Waals surface area contributed by atoms with E-state index in [1.54, 1.807) is 0 Å². The average molecular weight is 188 g/mol. The van der Waals surface area contributed by atoms with Gasteiger partial charge in [-0.15, -0.1) is 0 Å². The van der Waals surface area contributed by atoms with Gasteiger partial charge in [-0.05, 0) is 36.5 Å². The first-order chi connectivity index (χ1) is 6.77. The maximum absolute atomic E-state index is 4.27. The van der Waals surface area contributed by atoms with Crippen LogP contribution in [0, 0.1) is 5.92 Å². The van der Waals surface area contributed by atoms with Crippen molar-refractivity contribution in [3.8, 4) is 0 Å². The third kappa shape index (κ3) is 1.79. The topological polar surface area (TPSA) is 28.7 Å². The molecule has 2 heterocycles. The fourth-order valence-electron chi connectivity index (χ4n) is 1.66. The van der Waals surface area contributed by atoms with Crippen LogP contribution in [0.25, 0.3) is 11.0 Å². The number of aromatic amines is 1. The van der Waals surface area contributed by atoms with Crippen LogP contribution in [0.3, 0.4) is 0 Å². The molecule has 0 fully saturated rings. The van der Waals surface area contributed by atoms with Gasteiger partial charge < -0.3 is 4.98 Å². The van der Waals surface area contributed by atoms with E-state index in [-0.39, 0.29) is 0 Å². The van der Waals surface area contributed by atoms with Crippen molar-refractivity contribution < 1.29 is 0 Å². The summed E-state index contributed by atoms with van der Waals surface area (Å²) in [5.41, 5.74) is 2.40. The van der Waals surface area contributed by atoms with Crippen LogP contribution in [0.1, 0.15) is 25.8 Å². The van der Waals surface area contributed by atoms with E-state index in [0.29, 0.717) is 0 Å². The molecule has 0 saturated heterocycles. The maximum Gasteiger partial charge on any atom is 0.137 e. The molecule has 1 N–H and O–H groups in total. The maximum atomic E-state index is 4.27. The minimum atomic E-state index is 0.761. The first kappa shape index (κ1) is 9.25. The molecule has 2 heteroatoms. The lowest BCUT2D eigenvalue weighted by molar-refractivity contribution is 0.588. The van der Waals surface area contributed by atoms with Crippen molar-refractivity contribution in [2.24, 2.45) is 5.92 Å². The van der Waals surface area contributed by atoms with Gasteiger partial charge in [-0.2, -0.15) is 0 Å². The van der Waals surface area contributed by atoms with Gasteiger partial charge in [-0.3, -0.25) is 0 Å². The molecule has 0 radical (unpaired) electrons. The van der Waals surface area contributed by atoms with Gasteiger partial charge in [0.15, 0.2) is 0 Å². The first-order valence-corrected chi connectivity index (χ1v) is 5.18. The predicted octanol–water partition coefficient (Wildman–Crippen LogP) is 3.15. The number of fused-ring (bicyclic) bond motifs is 1. The molecule has 0 aliphatic heterocycles.